The summed E-state index contributed by atoms with van der Waals surface area (Å²) in [6, 6.07) is 8.90. The summed E-state index contributed by atoms with van der Waals surface area (Å²) in [5.41, 5.74) is -1.38. The van der Waals surface area contributed by atoms with Crippen molar-refractivity contribution in [3.8, 4) is 5.75 Å². The first kappa shape index (κ1) is 13.1. The molecule has 0 aliphatic heterocycles. The highest BCUT2D eigenvalue weighted by Crippen LogP contribution is 2.33. The van der Waals surface area contributed by atoms with Gasteiger partial charge in [-0.2, -0.15) is 0 Å². The zero-order valence-electron chi connectivity index (χ0n) is 10.8. The van der Waals surface area contributed by atoms with Crippen LogP contribution in [0.15, 0.2) is 30.3 Å². The predicted molar refractivity (Wildman–Crippen MR) is 69.3 cm³/mol. The number of rotatable bonds is 3. The number of esters is 1. The predicted octanol–water partition coefficient (Wildman–Crippen LogP) is 2.92. The lowest BCUT2D eigenvalue weighted by Gasteiger charge is -2.33. The van der Waals surface area contributed by atoms with Crippen LogP contribution in [0.5, 0.6) is 5.75 Å². The van der Waals surface area contributed by atoms with Crippen LogP contribution in [-0.2, 0) is 4.79 Å². The van der Waals surface area contributed by atoms with Crippen LogP contribution in [0.1, 0.15) is 39.0 Å². The van der Waals surface area contributed by atoms with Crippen molar-refractivity contribution in [2.75, 3.05) is 0 Å². The van der Waals surface area contributed by atoms with E-state index < -0.39 is 11.6 Å². The summed E-state index contributed by atoms with van der Waals surface area (Å²) >= 11 is 0. The molecule has 1 fully saturated rings. The molecule has 18 heavy (non-hydrogen) atoms. The second kappa shape index (κ2) is 5.53. The lowest BCUT2D eigenvalue weighted by molar-refractivity contribution is -0.160. The van der Waals surface area contributed by atoms with Gasteiger partial charge in [-0.15, -0.1) is 0 Å². The van der Waals surface area contributed by atoms with E-state index in [0.717, 1.165) is 25.7 Å². The molecule has 0 heterocycles. The molecular weight excluding hydrogens is 228 g/mol. The summed E-state index contributed by atoms with van der Waals surface area (Å²) in [6.07, 6.45) is 5.16. The van der Waals surface area contributed by atoms with E-state index in [1.54, 1.807) is 31.2 Å². The van der Waals surface area contributed by atoms with E-state index in [-0.39, 0.29) is 5.92 Å². The highest BCUT2D eigenvalue weighted by Gasteiger charge is 2.41. The quantitative estimate of drug-likeness (QED) is 0.661. The van der Waals surface area contributed by atoms with Crippen LogP contribution in [0.2, 0.25) is 0 Å². The maximum atomic E-state index is 12.1. The second-order valence-corrected chi connectivity index (χ2v) is 5.19. The summed E-state index contributed by atoms with van der Waals surface area (Å²) in [5, 5.41) is 10.4. The summed E-state index contributed by atoms with van der Waals surface area (Å²) in [4.78, 5) is 12.1. The number of hydrogen-bond donors (Lipinski definition) is 1. The lowest BCUT2D eigenvalue weighted by Crippen LogP contribution is -2.46. The van der Waals surface area contributed by atoms with Crippen molar-refractivity contribution in [3.63, 3.8) is 0 Å². The molecule has 1 aliphatic rings. The topological polar surface area (TPSA) is 46.5 Å². The molecule has 2 rings (SSSR count). The zero-order chi connectivity index (χ0) is 13.0. The Hall–Kier alpha value is -1.35. The fourth-order valence-electron chi connectivity index (χ4n) is 2.53. The van der Waals surface area contributed by atoms with Crippen molar-refractivity contribution in [1.29, 1.82) is 0 Å². The van der Waals surface area contributed by atoms with Gasteiger partial charge in [-0.3, -0.25) is 0 Å². The SMILES string of the molecule is CC(O)(C(=O)Oc1ccccc1)C1CCCCC1. The summed E-state index contributed by atoms with van der Waals surface area (Å²) in [7, 11) is 0. The molecule has 0 saturated heterocycles. The van der Waals surface area contributed by atoms with Crippen molar-refractivity contribution in [3.05, 3.63) is 30.3 Å². The number of ether oxygens (including phenoxy) is 1. The largest absolute Gasteiger partial charge is 0.424 e. The summed E-state index contributed by atoms with van der Waals surface area (Å²) in [6.45, 7) is 1.58. The molecule has 98 valence electrons. The van der Waals surface area contributed by atoms with E-state index >= 15 is 0 Å². The molecule has 1 saturated carbocycles. The Bertz CT molecular complexity index is 391. The molecule has 1 aliphatic carbocycles. The van der Waals surface area contributed by atoms with Crippen molar-refractivity contribution >= 4 is 5.97 Å². The van der Waals surface area contributed by atoms with Gasteiger partial charge in [-0.05, 0) is 37.8 Å². The maximum Gasteiger partial charge on any atom is 0.343 e. The Labute approximate surface area is 108 Å². The number of carbonyl (C=O) groups excluding carboxylic acids is 1. The van der Waals surface area contributed by atoms with Crippen molar-refractivity contribution in [2.24, 2.45) is 5.92 Å². The van der Waals surface area contributed by atoms with Crippen molar-refractivity contribution < 1.29 is 14.6 Å². The van der Waals surface area contributed by atoms with Gasteiger partial charge >= 0.3 is 5.97 Å². The Morgan fingerprint density at radius 3 is 2.44 bits per heavy atom. The highest BCUT2D eigenvalue weighted by atomic mass is 16.6. The standard InChI is InChI=1S/C15H20O3/c1-15(17,12-8-4-2-5-9-12)14(16)18-13-10-6-3-7-11-13/h3,6-7,10-12,17H,2,4-5,8-9H2,1H3. The lowest BCUT2D eigenvalue weighted by atomic mass is 9.78. The molecule has 0 amide bonds. The van der Waals surface area contributed by atoms with Crippen LogP contribution in [0.25, 0.3) is 0 Å². The Morgan fingerprint density at radius 1 is 1.22 bits per heavy atom. The molecule has 0 spiro atoms. The normalized spacial score (nSPS) is 20.1. The van der Waals surface area contributed by atoms with E-state index in [1.807, 2.05) is 6.07 Å². The van der Waals surface area contributed by atoms with Gasteiger partial charge in [0.2, 0.25) is 0 Å². The smallest absolute Gasteiger partial charge is 0.343 e. The molecule has 1 aromatic rings. The minimum Gasteiger partial charge on any atom is -0.424 e. The fraction of sp³-hybridized carbons (Fsp3) is 0.533. The molecule has 3 nitrogen and oxygen atoms in total. The molecule has 3 heteroatoms. The van der Waals surface area contributed by atoms with E-state index in [2.05, 4.69) is 0 Å². The van der Waals surface area contributed by atoms with Gasteiger partial charge in [-0.25, -0.2) is 4.79 Å². The third kappa shape index (κ3) is 2.91. The van der Waals surface area contributed by atoms with Crippen LogP contribution in [0.3, 0.4) is 0 Å². The van der Waals surface area contributed by atoms with Gasteiger partial charge < -0.3 is 9.84 Å². The van der Waals surface area contributed by atoms with Crippen LogP contribution in [0.4, 0.5) is 0 Å². The summed E-state index contributed by atoms with van der Waals surface area (Å²) < 4.78 is 5.24. The van der Waals surface area contributed by atoms with E-state index in [4.69, 9.17) is 4.74 Å². The molecule has 1 aromatic carbocycles. The number of carbonyl (C=O) groups is 1. The molecule has 0 bridgehead atoms. The van der Waals surface area contributed by atoms with Crippen LogP contribution >= 0.6 is 0 Å². The monoisotopic (exact) mass is 248 g/mol. The van der Waals surface area contributed by atoms with Crippen LogP contribution < -0.4 is 4.74 Å². The first-order valence-corrected chi connectivity index (χ1v) is 6.60. The Kier molecular flexibility index (Phi) is 4.02. The third-order valence-electron chi connectivity index (χ3n) is 3.77. The van der Waals surface area contributed by atoms with E-state index in [9.17, 15) is 9.90 Å². The fourth-order valence-corrected chi connectivity index (χ4v) is 2.53. The van der Waals surface area contributed by atoms with Gasteiger partial charge in [0.15, 0.2) is 5.60 Å². The van der Waals surface area contributed by atoms with Gasteiger partial charge in [0.1, 0.15) is 5.75 Å². The van der Waals surface area contributed by atoms with Gasteiger partial charge in [-0.1, -0.05) is 37.5 Å². The van der Waals surface area contributed by atoms with Crippen LogP contribution in [-0.4, -0.2) is 16.7 Å². The minimum absolute atomic E-state index is 0.0162. The van der Waals surface area contributed by atoms with Crippen LogP contribution in [0, 0.1) is 5.92 Å². The number of aliphatic hydroxyl groups is 1. The molecule has 0 aromatic heterocycles. The van der Waals surface area contributed by atoms with Gasteiger partial charge in [0.25, 0.3) is 0 Å². The first-order chi connectivity index (χ1) is 8.60. The average Bonchev–Trinajstić information content (AvgIpc) is 2.41. The molecule has 0 radical (unpaired) electrons. The zero-order valence-corrected chi connectivity index (χ0v) is 10.8. The molecular formula is C15H20O3. The number of hydrogen-bond acceptors (Lipinski definition) is 3. The minimum atomic E-state index is -1.38. The Balaban J connectivity index is 2.02. The first-order valence-electron chi connectivity index (χ1n) is 6.60. The van der Waals surface area contributed by atoms with Crippen molar-refractivity contribution in [1.82, 2.24) is 0 Å². The molecule has 1 unspecified atom stereocenters. The average molecular weight is 248 g/mol. The number of para-hydroxylation sites is 1. The summed E-state index contributed by atoms with van der Waals surface area (Å²) in [5.74, 6) is -0.0401. The van der Waals surface area contributed by atoms with E-state index in [1.165, 1.54) is 6.42 Å². The van der Waals surface area contributed by atoms with Gasteiger partial charge in [0, 0.05) is 0 Å². The van der Waals surface area contributed by atoms with Crippen molar-refractivity contribution in [2.45, 2.75) is 44.6 Å². The third-order valence-corrected chi connectivity index (χ3v) is 3.77. The highest BCUT2D eigenvalue weighted by molar-refractivity contribution is 5.81. The number of benzene rings is 1. The molecule has 1 N–H and O–H groups in total. The second-order valence-electron chi connectivity index (χ2n) is 5.19. The van der Waals surface area contributed by atoms with E-state index in [0.29, 0.717) is 5.75 Å². The maximum absolute atomic E-state index is 12.1. The Morgan fingerprint density at radius 2 is 1.83 bits per heavy atom. The van der Waals surface area contributed by atoms with Gasteiger partial charge in [0.05, 0.1) is 0 Å². The molecule has 1 atom stereocenters.